The molecule has 4 heteroatoms. The zero-order valence-electron chi connectivity index (χ0n) is 9.19. The molecule has 1 fully saturated rings. The van der Waals surface area contributed by atoms with Gasteiger partial charge in [0.15, 0.2) is 6.04 Å². The van der Waals surface area contributed by atoms with E-state index < -0.39 is 0 Å². The van der Waals surface area contributed by atoms with Crippen LogP contribution in [0.3, 0.4) is 0 Å². The quantitative estimate of drug-likeness (QED) is 0.588. The van der Waals surface area contributed by atoms with Crippen molar-refractivity contribution in [2.45, 2.75) is 11.4 Å². The summed E-state index contributed by atoms with van der Waals surface area (Å²) in [5.74, 6) is 1.07. The minimum Gasteiger partial charge on any atom is -0.302 e. The summed E-state index contributed by atoms with van der Waals surface area (Å²) >= 11 is 1.76. The molecule has 3 nitrogen and oxygen atoms in total. The number of carbonyl (C=O) groups is 1. The Labute approximate surface area is 104 Å². The molecular formula is C13H12N2OS. The van der Waals surface area contributed by atoms with Crippen LogP contribution in [0.5, 0.6) is 0 Å². The second-order valence-corrected chi connectivity index (χ2v) is 5.14. The van der Waals surface area contributed by atoms with Crippen molar-refractivity contribution >= 4 is 23.9 Å². The molecule has 1 aromatic rings. The third-order valence-electron chi connectivity index (χ3n) is 2.86. The maximum atomic E-state index is 11.8. The number of hydrogen-bond donors (Lipinski definition) is 0. The SMILES string of the molecule is O=C1C(N=Cc2ccccc2)[C@@H]2SCC=CN12. The fourth-order valence-corrected chi connectivity index (χ4v) is 3.05. The maximum Gasteiger partial charge on any atom is 0.255 e. The Hall–Kier alpha value is -1.55. The lowest BCUT2D eigenvalue weighted by atomic mass is 10.1. The lowest BCUT2D eigenvalue weighted by Crippen LogP contribution is -2.60. The molecule has 1 amide bonds. The molecule has 2 aliphatic rings. The van der Waals surface area contributed by atoms with Crippen LogP contribution in [0.1, 0.15) is 5.56 Å². The van der Waals surface area contributed by atoms with E-state index in [9.17, 15) is 4.79 Å². The largest absolute Gasteiger partial charge is 0.302 e. The number of aliphatic imine (C=N–C) groups is 1. The predicted octanol–water partition coefficient (Wildman–Crippen LogP) is 1.90. The summed E-state index contributed by atoms with van der Waals surface area (Å²) in [5, 5.41) is 0.201. The second kappa shape index (κ2) is 4.37. The van der Waals surface area contributed by atoms with Crippen molar-refractivity contribution in [3.05, 3.63) is 48.2 Å². The van der Waals surface area contributed by atoms with E-state index in [2.05, 4.69) is 4.99 Å². The van der Waals surface area contributed by atoms with E-state index >= 15 is 0 Å². The van der Waals surface area contributed by atoms with Crippen LogP contribution in [0.25, 0.3) is 0 Å². The number of rotatable bonds is 2. The standard InChI is InChI=1S/C13H12N2OS/c16-12-11(13-15(12)7-4-8-17-13)14-9-10-5-2-1-3-6-10/h1-7,9,11,13H,8H2/t11?,13-/m0/s1. The van der Waals surface area contributed by atoms with E-state index in [1.54, 1.807) is 22.9 Å². The molecule has 2 atom stereocenters. The number of hydrogen-bond acceptors (Lipinski definition) is 3. The fourth-order valence-electron chi connectivity index (χ4n) is 1.95. The summed E-state index contributed by atoms with van der Waals surface area (Å²) in [6, 6.07) is 9.67. The molecule has 0 N–H and O–H groups in total. The van der Waals surface area contributed by atoms with Crippen LogP contribution in [0, 0.1) is 0 Å². The molecule has 1 saturated heterocycles. The van der Waals surface area contributed by atoms with Gasteiger partial charge >= 0.3 is 0 Å². The van der Waals surface area contributed by atoms with Crippen molar-refractivity contribution in [3.63, 3.8) is 0 Å². The molecule has 2 heterocycles. The van der Waals surface area contributed by atoms with E-state index in [4.69, 9.17) is 0 Å². The molecule has 17 heavy (non-hydrogen) atoms. The van der Waals surface area contributed by atoms with Gasteiger partial charge in [-0.1, -0.05) is 36.4 Å². The van der Waals surface area contributed by atoms with E-state index in [1.807, 2.05) is 42.6 Å². The van der Waals surface area contributed by atoms with Gasteiger partial charge in [0.25, 0.3) is 5.91 Å². The monoisotopic (exact) mass is 244 g/mol. The molecule has 0 aromatic heterocycles. The van der Waals surface area contributed by atoms with Crippen LogP contribution >= 0.6 is 11.8 Å². The Morgan fingerprint density at radius 2 is 2.18 bits per heavy atom. The molecule has 0 radical (unpaired) electrons. The fraction of sp³-hybridized carbons (Fsp3) is 0.231. The maximum absolute atomic E-state index is 11.8. The predicted molar refractivity (Wildman–Crippen MR) is 70.1 cm³/mol. The summed E-state index contributed by atoms with van der Waals surface area (Å²) in [7, 11) is 0. The lowest BCUT2D eigenvalue weighted by molar-refractivity contribution is -0.139. The first-order valence-corrected chi connectivity index (χ1v) is 6.60. The minimum atomic E-state index is -0.204. The second-order valence-electron chi connectivity index (χ2n) is 3.99. The molecule has 1 unspecified atom stereocenters. The Kier molecular flexibility index (Phi) is 2.73. The van der Waals surface area contributed by atoms with Crippen LogP contribution in [0.15, 0.2) is 47.6 Å². The van der Waals surface area contributed by atoms with Gasteiger partial charge in [0.2, 0.25) is 0 Å². The topological polar surface area (TPSA) is 32.7 Å². The first-order valence-electron chi connectivity index (χ1n) is 5.55. The third kappa shape index (κ3) is 1.89. The van der Waals surface area contributed by atoms with Crippen molar-refractivity contribution in [1.82, 2.24) is 4.90 Å². The number of benzene rings is 1. The molecule has 0 aliphatic carbocycles. The first kappa shape index (κ1) is 10.6. The van der Waals surface area contributed by atoms with E-state index in [0.29, 0.717) is 0 Å². The van der Waals surface area contributed by atoms with Crippen LogP contribution in [-0.2, 0) is 4.79 Å². The molecule has 0 saturated carbocycles. The highest BCUT2D eigenvalue weighted by molar-refractivity contribution is 8.00. The number of amides is 1. The van der Waals surface area contributed by atoms with Crippen molar-refractivity contribution in [2.24, 2.45) is 4.99 Å². The van der Waals surface area contributed by atoms with Crippen molar-refractivity contribution in [1.29, 1.82) is 0 Å². The number of carbonyl (C=O) groups excluding carboxylic acids is 1. The van der Waals surface area contributed by atoms with Crippen LogP contribution < -0.4 is 0 Å². The van der Waals surface area contributed by atoms with Gasteiger partial charge in [-0.25, -0.2) is 0 Å². The van der Waals surface area contributed by atoms with Gasteiger partial charge in [-0.05, 0) is 5.56 Å². The van der Waals surface area contributed by atoms with E-state index in [0.717, 1.165) is 11.3 Å². The van der Waals surface area contributed by atoms with Crippen LogP contribution in [0.4, 0.5) is 0 Å². The van der Waals surface area contributed by atoms with Gasteiger partial charge in [0.1, 0.15) is 5.37 Å². The molecule has 0 spiro atoms. The Bertz CT molecular complexity index is 483. The minimum absolute atomic E-state index is 0.102. The molecular weight excluding hydrogens is 232 g/mol. The van der Waals surface area contributed by atoms with Crippen molar-refractivity contribution < 1.29 is 4.79 Å². The summed E-state index contributed by atoms with van der Waals surface area (Å²) in [6.45, 7) is 0. The molecule has 0 bridgehead atoms. The summed E-state index contributed by atoms with van der Waals surface area (Å²) in [5.41, 5.74) is 1.04. The first-order chi connectivity index (χ1) is 8.36. The van der Waals surface area contributed by atoms with E-state index in [1.165, 1.54) is 0 Å². The Morgan fingerprint density at radius 1 is 1.35 bits per heavy atom. The average Bonchev–Trinajstić information content (AvgIpc) is 2.40. The van der Waals surface area contributed by atoms with Gasteiger partial charge in [0.05, 0.1) is 0 Å². The highest BCUT2D eigenvalue weighted by Crippen LogP contribution is 2.35. The van der Waals surface area contributed by atoms with Crippen LogP contribution in [0.2, 0.25) is 0 Å². The van der Waals surface area contributed by atoms with Crippen LogP contribution in [-0.4, -0.2) is 34.2 Å². The average molecular weight is 244 g/mol. The summed E-state index contributed by atoms with van der Waals surface area (Å²) in [6.07, 6.45) is 5.67. The zero-order chi connectivity index (χ0) is 11.7. The number of thioether (sulfide) groups is 1. The Balaban J connectivity index is 1.73. The third-order valence-corrected chi connectivity index (χ3v) is 4.08. The number of fused-ring (bicyclic) bond motifs is 1. The normalized spacial score (nSPS) is 27.1. The van der Waals surface area contributed by atoms with Gasteiger partial charge in [-0.15, -0.1) is 11.8 Å². The number of β-lactam (4-membered cyclic amide) rings is 1. The molecule has 3 rings (SSSR count). The van der Waals surface area contributed by atoms with Gasteiger partial charge in [-0.2, -0.15) is 0 Å². The van der Waals surface area contributed by atoms with Crippen molar-refractivity contribution in [2.75, 3.05) is 5.75 Å². The molecule has 86 valence electrons. The zero-order valence-corrected chi connectivity index (χ0v) is 10.0. The number of nitrogens with zero attached hydrogens (tertiary/aromatic N) is 2. The highest BCUT2D eigenvalue weighted by Gasteiger charge is 2.47. The Morgan fingerprint density at radius 3 is 3.00 bits per heavy atom. The highest BCUT2D eigenvalue weighted by atomic mass is 32.2. The summed E-state index contributed by atoms with van der Waals surface area (Å²) < 4.78 is 0. The summed E-state index contributed by atoms with van der Waals surface area (Å²) in [4.78, 5) is 17.9. The van der Waals surface area contributed by atoms with Gasteiger partial charge < -0.3 is 4.90 Å². The molecule has 2 aliphatic heterocycles. The van der Waals surface area contributed by atoms with Crippen molar-refractivity contribution in [3.8, 4) is 0 Å². The van der Waals surface area contributed by atoms with Gasteiger partial charge in [-0.3, -0.25) is 9.79 Å². The smallest absolute Gasteiger partial charge is 0.255 e. The van der Waals surface area contributed by atoms with E-state index in [-0.39, 0.29) is 17.3 Å². The lowest BCUT2D eigenvalue weighted by Gasteiger charge is -2.44. The molecule has 1 aromatic carbocycles. The van der Waals surface area contributed by atoms with Gasteiger partial charge in [0, 0.05) is 18.2 Å².